The molecule has 7 unspecified atom stereocenters. The van der Waals surface area contributed by atoms with Gasteiger partial charge in [-0.1, -0.05) is 137 Å². The molecule has 2 fully saturated rings. The lowest BCUT2D eigenvalue weighted by Crippen LogP contribution is -2.70. The third kappa shape index (κ3) is 13.3. The Morgan fingerprint density at radius 2 is 1.58 bits per heavy atom. The number of allylic oxidation sites excluding steroid dienone is 1. The number of rotatable bonds is 28. The summed E-state index contributed by atoms with van der Waals surface area (Å²) in [4.78, 5) is 24.2. The number of carbonyl (C=O) groups excluding carboxylic acids is 1. The number of benzene rings is 4. The fourth-order valence-corrected chi connectivity index (χ4v) is 12.3. The van der Waals surface area contributed by atoms with E-state index in [2.05, 4.69) is 99.0 Å². The zero-order chi connectivity index (χ0) is 51.0. The molecule has 0 spiro atoms. The number of fused-ring (bicyclic) bond motifs is 3. The van der Waals surface area contributed by atoms with E-state index in [0.717, 1.165) is 109 Å². The molecule has 2 N–H and O–H groups in total. The predicted molar refractivity (Wildman–Crippen MR) is 292 cm³/mol. The summed E-state index contributed by atoms with van der Waals surface area (Å²) in [5.74, 6) is 0.421. The second-order valence-electron chi connectivity index (χ2n) is 21.3. The van der Waals surface area contributed by atoms with Gasteiger partial charge in [-0.25, -0.2) is 0 Å². The lowest BCUT2D eigenvalue weighted by atomic mass is 9.55. The first kappa shape index (κ1) is 54.3. The molecule has 8 rings (SSSR count). The zero-order valence-corrected chi connectivity index (χ0v) is 44.2. The molecule has 4 aromatic carbocycles. The number of aliphatic hydroxyl groups is 2. The summed E-state index contributed by atoms with van der Waals surface area (Å²) >= 11 is 0. The molecule has 4 aromatic rings. The molecule has 7 atom stereocenters. The monoisotopic (exact) mass is 997 g/mol. The van der Waals surface area contributed by atoms with Gasteiger partial charge in [0.05, 0.1) is 24.8 Å². The van der Waals surface area contributed by atoms with Crippen molar-refractivity contribution in [1.82, 2.24) is 4.90 Å². The van der Waals surface area contributed by atoms with Crippen LogP contribution in [0.25, 0.3) is 10.8 Å². The minimum absolute atomic E-state index is 0.0611. The number of hydrogen-bond acceptors (Lipinski definition) is 9. The van der Waals surface area contributed by atoms with Gasteiger partial charge >= 0.3 is 0 Å². The van der Waals surface area contributed by atoms with Gasteiger partial charge in [0.2, 0.25) is 18.0 Å². The summed E-state index contributed by atoms with van der Waals surface area (Å²) in [6, 6.07) is 26.5. The van der Waals surface area contributed by atoms with E-state index < -0.39 is 24.0 Å². The maximum absolute atomic E-state index is 15.6. The van der Waals surface area contributed by atoms with Crippen LogP contribution in [-0.4, -0.2) is 71.3 Å². The van der Waals surface area contributed by atoms with Gasteiger partial charge in [0.1, 0.15) is 23.3 Å². The molecule has 1 amide bonds. The third-order valence-electron chi connectivity index (χ3n) is 16.2. The van der Waals surface area contributed by atoms with Gasteiger partial charge in [-0.05, 0) is 134 Å². The lowest BCUT2D eigenvalue weighted by molar-refractivity contribution is -0.258. The van der Waals surface area contributed by atoms with Gasteiger partial charge in [0, 0.05) is 50.5 Å². The number of ether oxygens (including phenoxy) is 4. The highest BCUT2D eigenvalue weighted by molar-refractivity contribution is 6.03. The van der Waals surface area contributed by atoms with E-state index in [-0.39, 0.29) is 43.5 Å². The topological polar surface area (TPSA) is 119 Å². The highest BCUT2D eigenvalue weighted by atomic mass is 16.8. The van der Waals surface area contributed by atoms with Crippen molar-refractivity contribution in [3.8, 4) is 17.2 Å². The van der Waals surface area contributed by atoms with E-state index in [1.807, 2.05) is 18.2 Å². The summed E-state index contributed by atoms with van der Waals surface area (Å²) in [6.07, 6.45) is 22.4. The molecule has 2 heterocycles. The molecular weight excluding hydrogens is 913 g/mol. The van der Waals surface area contributed by atoms with Crippen LogP contribution in [0.3, 0.4) is 0 Å². The van der Waals surface area contributed by atoms with Crippen molar-refractivity contribution >= 4 is 22.4 Å². The van der Waals surface area contributed by atoms with Crippen molar-refractivity contribution in [1.29, 1.82) is 0 Å². The zero-order valence-electron chi connectivity index (χ0n) is 44.2. The number of aliphatic hydroxyl groups excluding tert-OH is 2. The molecule has 1 saturated carbocycles. The number of oxime groups is 1. The number of carbonyl (C=O) groups is 1. The molecule has 73 heavy (non-hydrogen) atoms. The van der Waals surface area contributed by atoms with E-state index in [1.165, 1.54) is 44.1 Å². The second kappa shape index (κ2) is 27.0. The second-order valence-corrected chi connectivity index (χ2v) is 21.3. The van der Waals surface area contributed by atoms with Gasteiger partial charge in [0.25, 0.3) is 0 Å². The summed E-state index contributed by atoms with van der Waals surface area (Å²) in [7, 11) is 0. The van der Waals surface area contributed by atoms with Crippen LogP contribution in [0.4, 0.5) is 0 Å². The molecule has 10 heteroatoms. The van der Waals surface area contributed by atoms with Crippen LogP contribution in [0, 0.1) is 31.6 Å². The SMILES string of the molecule is C=CCOC12Oc3ccc(Oc4ccc(C)c(C)c4)cc3C3C(CCCCO)C(CCCCO)C=C(C(=NOC4CCCCO4)CC1N(Cc1cccc4ccccc14)C(=O)CCCCCCCCCCC)C32. The van der Waals surface area contributed by atoms with Crippen molar-refractivity contribution in [3.63, 3.8) is 0 Å². The number of hydrogen-bond donors (Lipinski definition) is 2. The van der Waals surface area contributed by atoms with Gasteiger partial charge in [-0.3, -0.25) is 4.79 Å². The molecule has 394 valence electrons. The Labute approximate surface area is 436 Å². The van der Waals surface area contributed by atoms with Crippen molar-refractivity contribution in [2.24, 2.45) is 22.9 Å². The van der Waals surface area contributed by atoms with Crippen LogP contribution in [-0.2, 0) is 25.7 Å². The Morgan fingerprint density at radius 3 is 2.33 bits per heavy atom. The predicted octanol–water partition coefficient (Wildman–Crippen LogP) is 14.4. The van der Waals surface area contributed by atoms with Gasteiger partial charge in [0.15, 0.2) is 0 Å². The van der Waals surface area contributed by atoms with E-state index >= 15 is 4.79 Å². The van der Waals surface area contributed by atoms with Gasteiger partial charge in [-0.2, -0.15) is 0 Å². The summed E-state index contributed by atoms with van der Waals surface area (Å²) in [6.45, 7) is 12.0. The Kier molecular flexibility index (Phi) is 20.1. The van der Waals surface area contributed by atoms with E-state index in [0.29, 0.717) is 50.3 Å². The van der Waals surface area contributed by atoms with Crippen LogP contribution in [0.5, 0.6) is 17.2 Å². The molecule has 0 radical (unpaired) electrons. The van der Waals surface area contributed by atoms with Crippen molar-refractivity contribution in [2.45, 2.75) is 180 Å². The van der Waals surface area contributed by atoms with Crippen molar-refractivity contribution in [2.75, 3.05) is 26.4 Å². The lowest BCUT2D eigenvalue weighted by Gasteiger charge is -2.60. The average molecular weight is 997 g/mol. The van der Waals surface area contributed by atoms with Gasteiger partial charge < -0.3 is 38.9 Å². The maximum Gasteiger partial charge on any atom is 0.239 e. The first-order valence-corrected chi connectivity index (χ1v) is 28.2. The maximum atomic E-state index is 15.6. The normalized spacial score (nSPS) is 23.8. The fourth-order valence-electron chi connectivity index (χ4n) is 12.3. The first-order chi connectivity index (χ1) is 35.8. The third-order valence-corrected chi connectivity index (χ3v) is 16.2. The molecule has 4 aliphatic rings. The molecule has 2 aliphatic carbocycles. The fraction of sp³-hybridized carbons (Fsp3) is 0.556. The molecule has 0 aromatic heterocycles. The first-order valence-electron chi connectivity index (χ1n) is 28.2. The molecule has 10 nitrogen and oxygen atoms in total. The summed E-state index contributed by atoms with van der Waals surface area (Å²) in [5, 5.41) is 27.6. The Balaban J connectivity index is 1.29. The standard InChI is InChI=1S/C63H84N2O8/c1-5-7-8-9-10-11-12-13-14-30-59(68)65(44-49-27-23-26-47-24-15-16-28-52(47)49)58-43-56(64-73-60-31-19-22-39-69-60)54-41-48(25-17-20-36-66)53(29-18-21-37-67)61-55-42-51(71-50-33-32-45(3)46(4)40-50)34-35-57(55)72-63(58,62(54)61)70-38-6-2/h6,15-16,23-24,26-28,32-35,40-42,48,53,58,60-62,66-67H,2,5,7-14,17-22,25,29-31,36-39,43-44H2,1,3-4H3. The molecular formula is C63H84N2O8. The van der Waals surface area contributed by atoms with Crippen molar-refractivity contribution < 1.29 is 38.8 Å². The number of aryl methyl sites for hydroxylation is 2. The Morgan fingerprint density at radius 1 is 0.836 bits per heavy atom. The van der Waals surface area contributed by atoms with Crippen LogP contribution in [0.1, 0.15) is 164 Å². The van der Waals surface area contributed by atoms with Crippen LogP contribution in [0.15, 0.2) is 108 Å². The minimum atomic E-state index is -1.38. The Bertz CT molecular complexity index is 2470. The highest BCUT2D eigenvalue weighted by Crippen LogP contribution is 2.62. The van der Waals surface area contributed by atoms with Crippen molar-refractivity contribution in [3.05, 3.63) is 125 Å². The van der Waals surface area contributed by atoms with Crippen LogP contribution in [0.2, 0.25) is 0 Å². The van der Waals surface area contributed by atoms with Crippen LogP contribution < -0.4 is 9.47 Å². The average Bonchev–Trinajstić information content (AvgIpc) is 3.41. The van der Waals surface area contributed by atoms with E-state index in [4.69, 9.17) is 28.9 Å². The number of unbranched alkanes of at least 4 members (excludes halogenated alkanes) is 10. The van der Waals surface area contributed by atoms with Gasteiger partial charge in [-0.15, -0.1) is 6.58 Å². The highest BCUT2D eigenvalue weighted by Gasteiger charge is 2.65. The molecule has 1 saturated heterocycles. The smallest absolute Gasteiger partial charge is 0.239 e. The van der Waals surface area contributed by atoms with Crippen LogP contribution >= 0.6 is 0 Å². The number of amides is 1. The largest absolute Gasteiger partial charge is 0.459 e. The Hall–Kier alpha value is -5.00. The summed E-state index contributed by atoms with van der Waals surface area (Å²) < 4.78 is 27.9. The molecule has 0 bridgehead atoms. The van der Waals surface area contributed by atoms with E-state index in [9.17, 15) is 10.2 Å². The summed E-state index contributed by atoms with van der Waals surface area (Å²) in [5.41, 5.74) is 6.22. The number of nitrogens with zero attached hydrogens (tertiary/aromatic N) is 2. The molecule has 2 aliphatic heterocycles. The minimum Gasteiger partial charge on any atom is -0.459 e. The quantitative estimate of drug-likeness (QED) is 0.0328. The van der Waals surface area contributed by atoms with E-state index in [1.54, 1.807) is 6.08 Å².